The van der Waals surface area contributed by atoms with Gasteiger partial charge in [-0.1, -0.05) is 48.5 Å². The van der Waals surface area contributed by atoms with Crippen LogP contribution in [-0.4, -0.2) is 42.6 Å². The number of hydrogen-bond acceptors (Lipinski definition) is 7. The van der Waals surface area contributed by atoms with Crippen LogP contribution < -0.4 is 21.4 Å². The molecule has 0 radical (unpaired) electrons. The van der Waals surface area contributed by atoms with Crippen molar-refractivity contribution in [3.63, 3.8) is 0 Å². The number of hydrogen-bond donors (Lipinski definition) is 3. The Morgan fingerprint density at radius 3 is 2.52 bits per heavy atom. The minimum atomic E-state index is -0.959. The maximum absolute atomic E-state index is 12.6. The van der Waals surface area contributed by atoms with Crippen molar-refractivity contribution in [1.82, 2.24) is 19.1 Å². The summed E-state index contributed by atoms with van der Waals surface area (Å²) >= 11 is 0. The highest BCUT2D eigenvalue weighted by Crippen LogP contribution is 2.17. The van der Waals surface area contributed by atoms with Gasteiger partial charge in [0.15, 0.2) is 11.2 Å². The number of anilines is 1. The van der Waals surface area contributed by atoms with Crippen LogP contribution in [0.3, 0.4) is 0 Å². The molecule has 2 heterocycles. The van der Waals surface area contributed by atoms with Gasteiger partial charge >= 0.3 is 5.69 Å². The third-order valence-electron chi connectivity index (χ3n) is 5.10. The number of aromatic nitrogens is 4. The summed E-state index contributed by atoms with van der Waals surface area (Å²) in [6, 6.07) is 18.7. The van der Waals surface area contributed by atoms with E-state index in [1.807, 2.05) is 55.5 Å². The summed E-state index contributed by atoms with van der Waals surface area (Å²) in [4.78, 5) is 31.3. The lowest BCUT2D eigenvalue weighted by molar-refractivity contribution is 0.0938. The van der Waals surface area contributed by atoms with Gasteiger partial charge in [-0.05, 0) is 24.6 Å². The zero-order valence-corrected chi connectivity index (χ0v) is 18.2. The van der Waals surface area contributed by atoms with Gasteiger partial charge in [-0.15, -0.1) is 0 Å². The van der Waals surface area contributed by atoms with Gasteiger partial charge in [0.1, 0.15) is 18.5 Å². The molecule has 0 aliphatic heterocycles. The lowest BCUT2D eigenvalue weighted by Crippen LogP contribution is -2.30. The van der Waals surface area contributed by atoms with Crippen molar-refractivity contribution in [2.75, 3.05) is 12.0 Å². The van der Waals surface area contributed by atoms with Crippen LogP contribution in [0.4, 0.5) is 5.95 Å². The fraction of sp³-hybridized carbons (Fsp3) is 0.217. The Balaban J connectivity index is 1.66. The number of ether oxygens (including phenoxy) is 1. The van der Waals surface area contributed by atoms with E-state index in [-0.39, 0.29) is 30.3 Å². The molecule has 4 aromatic rings. The van der Waals surface area contributed by atoms with Gasteiger partial charge in [0.25, 0.3) is 5.56 Å². The SMILES string of the molecule is C/C(=N/Nc1nc2c(c(=O)[nH]c(=O)n2C)n1C[C@H](O)COc1ccccc1)c1ccccc1. The third kappa shape index (κ3) is 4.85. The number of hydrazone groups is 1. The molecular formula is C23H24N6O4. The molecule has 0 aliphatic carbocycles. The molecule has 0 saturated carbocycles. The minimum absolute atomic E-state index is 0.000886. The Bertz CT molecular complexity index is 1390. The van der Waals surface area contributed by atoms with E-state index in [2.05, 4.69) is 20.5 Å². The second-order valence-corrected chi connectivity index (χ2v) is 7.49. The van der Waals surface area contributed by atoms with Crippen LogP contribution in [0.2, 0.25) is 0 Å². The van der Waals surface area contributed by atoms with E-state index in [1.165, 1.54) is 16.2 Å². The highest BCUT2D eigenvalue weighted by atomic mass is 16.5. The molecule has 0 unspecified atom stereocenters. The van der Waals surface area contributed by atoms with Crippen molar-refractivity contribution < 1.29 is 9.84 Å². The van der Waals surface area contributed by atoms with Crippen LogP contribution in [0.15, 0.2) is 75.4 Å². The summed E-state index contributed by atoms with van der Waals surface area (Å²) in [7, 11) is 1.51. The molecule has 3 N–H and O–H groups in total. The number of nitrogens with zero attached hydrogens (tertiary/aromatic N) is 4. The number of aryl methyl sites for hydroxylation is 1. The van der Waals surface area contributed by atoms with Crippen molar-refractivity contribution in [3.05, 3.63) is 87.1 Å². The Morgan fingerprint density at radius 1 is 1.15 bits per heavy atom. The molecule has 10 heteroatoms. The van der Waals surface area contributed by atoms with Crippen molar-refractivity contribution in [2.45, 2.75) is 19.6 Å². The first-order valence-electron chi connectivity index (χ1n) is 10.3. The number of aliphatic hydroxyl groups excluding tert-OH is 1. The number of para-hydroxylation sites is 1. The summed E-state index contributed by atoms with van der Waals surface area (Å²) in [6.45, 7) is 1.83. The van der Waals surface area contributed by atoms with Gasteiger partial charge in [-0.2, -0.15) is 10.1 Å². The Labute approximate surface area is 188 Å². The van der Waals surface area contributed by atoms with Crippen molar-refractivity contribution in [3.8, 4) is 5.75 Å². The van der Waals surface area contributed by atoms with E-state index in [9.17, 15) is 14.7 Å². The average molecular weight is 448 g/mol. The largest absolute Gasteiger partial charge is 0.491 e. The van der Waals surface area contributed by atoms with E-state index in [4.69, 9.17) is 4.74 Å². The number of nitrogens with one attached hydrogen (secondary N) is 2. The van der Waals surface area contributed by atoms with Crippen molar-refractivity contribution >= 4 is 22.8 Å². The van der Waals surface area contributed by atoms with Gasteiger partial charge in [-0.25, -0.2) is 10.2 Å². The number of aromatic amines is 1. The lowest BCUT2D eigenvalue weighted by Gasteiger charge is -2.15. The Kier molecular flexibility index (Phi) is 6.36. The van der Waals surface area contributed by atoms with E-state index >= 15 is 0 Å². The van der Waals surface area contributed by atoms with Gasteiger partial charge < -0.3 is 14.4 Å². The molecule has 33 heavy (non-hydrogen) atoms. The Morgan fingerprint density at radius 2 is 1.82 bits per heavy atom. The molecule has 2 aromatic carbocycles. The molecule has 0 amide bonds. The number of benzene rings is 2. The fourth-order valence-corrected chi connectivity index (χ4v) is 3.35. The minimum Gasteiger partial charge on any atom is -0.491 e. The van der Waals surface area contributed by atoms with Crippen molar-refractivity contribution in [2.24, 2.45) is 12.1 Å². The van der Waals surface area contributed by atoms with E-state index in [0.29, 0.717) is 11.5 Å². The van der Waals surface area contributed by atoms with Crippen LogP contribution in [0.25, 0.3) is 11.2 Å². The van der Waals surface area contributed by atoms with Crippen LogP contribution in [0.1, 0.15) is 12.5 Å². The number of rotatable bonds is 8. The smallest absolute Gasteiger partial charge is 0.329 e. The molecule has 2 aromatic heterocycles. The average Bonchev–Trinajstić information content (AvgIpc) is 3.19. The molecule has 0 fully saturated rings. The molecule has 0 spiro atoms. The van der Waals surface area contributed by atoms with Crippen LogP contribution in [0.5, 0.6) is 5.75 Å². The zero-order valence-electron chi connectivity index (χ0n) is 18.2. The standard InChI is InChI=1S/C23H24N6O4/c1-15(16-9-5-3-6-10-16)26-27-22-24-20-19(21(31)25-23(32)28(20)2)29(22)13-17(30)14-33-18-11-7-4-8-12-18/h3-12,17,30H,13-14H2,1-2H3,(H,24,27)(H,25,31,32)/b26-15-/t17-/m0/s1. The monoisotopic (exact) mass is 448 g/mol. The third-order valence-corrected chi connectivity index (χ3v) is 5.10. The summed E-state index contributed by atoms with van der Waals surface area (Å²) in [5, 5.41) is 15.0. The summed E-state index contributed by atoms with van der Waals surface area (Å²) in [6.07, 6.45) is -0.959. The molecule has 1 atom stereocenters. The zero-order chi connectivity index (χ0) is 23.4. The van der Waals surface area contributed by atoms with Crippen molar-refractivity contribution in [1.29, 1.82) is 0 Å². The van der Waals surface area contributed by atoms with Gasteiger partial charge in [0.05, 0.1) is 12.3 Å². The maximum atomic E-state index is 12.6. The molecule has 0 bridgehead atoms. The van der Waals surface area contributed by atoms with Crippen LogP contribution >= 0.6 is 0 Å². The molecule has 170 valence electrons. The molecule has 0 saturated heterocycles. The predicted octanol–water partition coefficient (Wildman–Crippen LogP) is 1.70. The highest BCUT2D eigenvalue weighted by Gasteiger charge is 2.20. The summed E-state index contributed by atoms with van der Waals surface area (Å²) in [5.41, 5.74) is 3.62. The maximum Gasteiger partial charge on any atom is 0.329 e. The van der Waals surface area contributed by atoms with E-state index in [0.717, 1.165) is 5.56 Å². The quantitative estimate of drug-likeness (QED) is 0.278. The molecule has 4 rings (SSSR count). The Hall–Kier alpha value is -4.18. The first-order chi connectivity index (χ1) is 15.9. The lowest BCUT2D eigenvalue weighted by atomic mass is 10.1. The molecule has 10 nitrogen and oxygen atoms in total. The number of aliphatic hydroxyl groups is 1. The number of H-pyrrole nitrogens is 1. The molecule has 0 aliphatic rings. The topological polar surface area (TPSA) is 127 Å². The summed E-state index contributed by atoms with van der Waals surface area (Å²) in [5.74, 6) is 0.833. The highest BCUT2D eigenvalue weighted by molar-refractivity contribution is 5.99. The van der Waals surface area contributed by atoms with E-state index < -0.39 is 17.4 Å². The molecular weight excluding hydrogens is 424 g/mol. The van der Waals surface area contributed by atoms with Crippen LogP contribution in [0, 0.1) is 0 Å². The van der Waals surface area contributed by atoms with Gasteiger partial charge in [0, 0.05) is 7.05 Å². The van der Waals surface area contributed by atoms with E-state index in [1.54, 1.807) is 12.1 Å². The first-order valence-corrected chi connectivity index (χ1v) is 10.3. The number of fused-ring (bicyclic) bond motifs is 1. The summed E-state index contributed by atoms with van der Waals surface area (Å²) < 4.78 is 8.35. The fourth-order valence-electron chi connectivity index (χ4n) is 3.35. The van der Waals surface area contributed by atoms with Gasteiger partial charge in [0.2, 0.25) is 5.95 Å². The predicted molar refractivity (Wildman–Crippen MR) is 126 cm³/mol. The second-order valence-electron chi connectivity index (χ2n) is 7.49. The van der Waals surface area contributed by atoms with Crippen LogP contribution in [-0.2, 0) is 13.6 Å². The van der Waals surface area contributed by atoms with Gasteiger partial charge in [-0.3, -0.25) is 14.3 Å². The first kappa shape index (κ1) is 22.0. The number of imidazole rings is 1. The second kappa shape index (κ2) is 9.53. The normalized spacial score (nSPS) is 12.6.